The van der Waals surface area contributed by atoms with Gasteiger partial charge in [0.05, 0.1) is 0 Å². The minimum Gasteiger partial charge on any atom is -0.330 e. The van der Waals surface area contributed by atoms with Crippen LogP contribution in [0.2, 0.25) is 0 Å². The highest BCUT2D eigenvalue weighted by Gasteiger charge is 2.35. The van der Waals surface area contributed by atoms with Gasteiger partial charge in [0.25, 0.3) is 0 Å². The highest BCUT2D eigenvalue weighted by molar-refractivity contribution is 4.89. The van der Waals surface area contributed by atoms with Crippen molar-refractivity contribution in [1.29, 1.82) is 0 Å². The summed E-state index contributed by atoms with van der Waals surface area (Å²) >= 11 is 0. The smallest absolute Gasteiger partial charge is 0.0103 e. The zero-order chi connectivity index (χ0) is 12.5. The molecule has 2 atom stereocenters. The molecule has 1 saturated heterocycles. The fourth-order valence-electron chi connectivity index (χ4n) is 4.13. The van der Waals surface area contributed by atoms with Gasteiger partial charge < -0.3 is 10.6 Å². The number of nitrogens with zero attached hydrogens (tertiary/aromatic N) is 1. The van der Waals surface area contributed by atoms with E-state index < -0.39 is 0 Å². The summed E-state index contributed by atoms with van der Waals surface area (Å²) in [5.74, 6) is 1.69. The molecule has 0 amide bonds. The lowest BCUT2D eigenvalue weighted by molar-refractivity contribution is 0.0453. The lowest BCUT2D eigenvalue weighted by atomic mass is 9.70. The minimum absolute atomic E-state index is 0.549. The summed E-state index contributed by atoms with van der Waals surface area (Å²) in [6.07, 6.45) is 6.85. The molecule has 1 saturated carbocycles. The first kappa shape index (κ1) is 13.4. The summed E-state index contributed by atoms with van der Waals surface area (Å²) < 4.78 is 0. The third-order valence-corrected chi connectivity index (χ3v) is 4.86. The molecule has 2 N–H and O–H groups in total. The van der Waals surface area contributed by atoms with Gasteiger partial charge in [-0.05, 0) is 69.0 Å². The Morgan fingerprint density at radius 3 is 2.35 bits per heavy atom. The maximum absolute atomic E-state index is 5.77. The first-order valence-electron chi connectivity index (χ1n) is 7.44. The fraction of sp³-hybridized carbons (Fsp3) is 1.00. The Hall–Kier alpha value is -0.0800. The Morgan fingerprint density at radius 1 is 1.18 bits per heavy atom. The maximum atomic E-state index is 5.77. The third kappa shape index (κ3) is 3.45. The van der Waals surface area contributed by atoms with Crippen molar-refractivity contribution in [3.63, 3.8) is 0 Å². The molecule has 0 aromatic rings. The van der Waals surface area contributed by atoms with Crippen LogP contribution in [0.3, 0.4) is 0 Å². The Bertz CT molecular complexity index is 241. The first-order chi connectivity index (χ1) is 8.00. The number of rotatable bonds is 2. The van der Waals surface area contributed by atoms with E-state index in [0.717, 1.165) is 24.4 Å². The van der Waals surface area contributed by atoms with Crippen LogP contribution in [-0.4, -0.2) is 30.6 Å². The standard InChI is InChI=1S/C15H30N2/c1-12-8-14(10-15(2,3)9-12)17-6-4-13(11-16)5-7-17/h12-14H,4-11,16H2,1-3H3. The van der Waals surface area contributed by atoms with E-state index in [1.54, 1.807) is 0 Å². The second-order valence-corrected chi connectivity index (χ2v) is 7.28. The highest BCUT2D eigenvalue weighted by Crippen LogP contribution is 2.41. The second-order valence-electron chi connectivity index (χ2n) is 7.28. The van der Waals surface area contributed by atoms with Crippen molar-refractivity contribution >= 4 is 0 Å². The van der Waals surface area contributed by atoms with Gasteiger partial charge >= 0.3 is 0 Å². The van der Waals surface area contributed by atoms with Gasteiger partial charge in [0.15, 0.2) is 0 Å². The first-order valence-corrected chi connectivity index (χ1v) is 7.44. The van der Waals surface area contributed by atoms with E-state index in [-0.39, 0.29) is 0 Å². The van der Waals surface area contributed by atoms with Gasteiger partial charge in [-0.15, -0.1) is 0 Å². The number of likely N-dealkylation sites (tertiary alicyclic amines) is 1. The number of hydrogen-bond donors (Lipinski definition) is 1. The summed E-state index contributed by atoms with van der Waals surface area (Å²) in [5.41, 5.74) is 6.32. The van der Waals surface area contributed by atoms with E-state index in [9.17, 15) is 0 Å². The van der Waals surface area contributed by atoms with Crippen LogP contribution in [0.25, 0.3) is 0 Å². The summed E-state index contributed by atoms with van der Waals surface area (Å²) in [7, 11) is 0. The molecule has 0 aromatic heterocycles. The monoisotopic (exact) mass is 238 g/mol. The van der Waals surface area contributed by atoms with Crippen LogP contribution < -0.4 is 5.73 Å². The predicted molar refractivity (Wildman–Crippen MR) is 73.9 cm³/mol. The molecule has 0 aromatic carbocycles. The van der Waals surface area contributed by atoms with E-state index in [1.807, 2.05) is 0 Å². The van der Waals surface area contributed by atoms with Gasteiger partial charge in [0.1, 0.15) is 0 Å². The van der Waals surface area contributed by atoms with Crippen LogP contribution in [0.5, 0.6) is 0 Å². The van der Waals surface area contributed by atoms with Crippen molar-refractivity contribution in [3.8, 4) is 0 Å². The van der Waals surface area contributed by atoms with Gasteiger partial charge in [-0.1, -0.05) is 20.8 Å². The van der Waals surface area contributed by atoms with Gasteiger partial charge in [0.2, 0.25) is 0 Å². The minimum atomic E-state index is 0.549. The van der Waals surface area contributed by atoms with E-state index in [2.05, 4.69) is 25.7 Å². The molecule has 100 valence electrons. The van der Waals surface area contributed by atoms with Crippen molar-refractivity contribution < 1.29 is 0 Å². The number of piperidine rings is 1. The summed E-state index contributed by atoms with van der Waals surface area (Å²) in [6, 6.07) is 0.840. The Kier molecular flexibility index (Phi) is 4.14. The molecule has 2 nitrogen and oxygen atoms in total. The molecular weight excluding hydrogens is 208 g/mol. The van der Waals surface area contributed by atoms with Crippen LogP contribution in [0.15, 0.2) is 0 Å². The van der Waals surface area contributed by atoms with Gasteiger partial charge in [-0.3, -0.25) is 0 Å². The molecule has 2 fully saturated rings. The molecule has 2 rings (SSSR count). The normalized spacial score (nSPS) is 36.0. The van der Waals surface area contributed by atoms with Crippen molar-refractivity contribution in [2.24, 2.45) is 23.0 Å². The van der Waals surface area contributed by atoms with Crippen molar-refractivity contribution in [3.05, 3.63) is 0 Å². The van der Waals surface area contributed by atoms with Gasteiger partial charge in [0, 0.05) is 6.04 Å². The molecule has 0 radical (unpaired) electrons. The molecule has 0 spiro atoms. The molecule has 2 heteroatoms. The number of hydrogen-bond acceptors (Lipinski definition) is 2. The van der Waals surface area contributed by atoms with Crippen LogP contribution in [0.1, 0.15) is 52.9 Å². The summed E-state index contributed by atoms with van der Waals surface area (Å²) in [5, 5.41) is 0. The average molecular weight is 238 g/mol. The van der Waals surface area contributed by atoms with E-state index >= 15 is 0 Å². The Morgan fingerprint density at radius 2 is 1.82 bits per heavy atom. The SMILES string of the molecule is CC1CC(N2CCC(CN)CC2)CC(C)(C)C1. The van der Waals surface area contributed by atoms with E-state index in [4.69, 9.17) is 5.73 Å². The predicted octanol–water partition coefficient (Wildman–Crippen LogP) is 2.87. The fourth-order valence-corrected chi connectivity index (χ4v) is 4.13. The molecule has 0 bridgehead atoms. The zero-order valence-electron chi connectivity index (χ0n) is 11.9. The largest absolute Gasteiger partial charge is 0.330 e. The summed E-state index contributed by atoms with van der Waals surface area (Å²) in [4.78, 5) is 2.75. The lowest BCUT2D eigenvalue weighted by Gasteiger charge is -2.46. The second kappa shape index (κ2) is 5.27. The van der Waals surface area contributed by atoms with Crippen molar-refractivity contribution in [2.75, 3.05) is 19.6 Å². The van der Waals surface area contributed by atoms with E-state index in [1.165, 1.54) is 45.2 Å². The van der Waals surface area contributed by atoms with Gasteiger partial charge in [-0.2, -0.15) is 0 Å². The average Bonchev–Trinajstić information content (AvgIpc) is 2.26. The maximum Gasteiger partial charge on any atom is 0.0103 e. The molecule has 1 aliphatic heterocycles. The molecule has 1 heterocycles. The van der Waals surface area contributed by atoms with Crippen LogP contribution in [0.4, 0.5) is 0 Å². The molecule has 1 aliphatic carbocycles. The number of nitrogens with two attached hydrogens (primary N) is 1. The highest BCUT2D eigenvalue weighted by atomic mass is 15.2. The van der Waals surface area contributed by atoms with Crippen LogP contribution in [0, 0.1) is 17.3 Å². The van der Waals surface area contributed by atoms with Crippen molar-refractivity contribution in [2.45, 2.75) is 58.9 Å². The Labute approximate surface area is 107 Å². The molecule has 17 heavy (non-hydrogen) atoms. The third-order valence-electron chi connectivity index (χ3n) is 4.86. The van der Waals surface area contributed by atoms with E-state index in [0.29, 0.717) is 5.41 Å². The molecular formula is C15H30N2. The summed E-state index contributed by atoms with van der Waals surface area (Å²) in [6.45, 7) is 10.8. The lowest BCUT2D eigenvalue weighted by Crippen LogP contribution is -2.47. The van der Waals surface area contributed by atoms with Crippen LogP contribution in [-0.2, 0) is 0 Å². The quantitative estimate of drug-likeness (QED) is 0.801. The molecule has 2 unspecified atom stereocenters. The Balaban J connectivity index is 1.90. The van der Waals surface area contributed by atoms with Crippen molar-refractivity contribution in [1.82, 2.24) is 4.90 Å². The topological polar surface area (TPSA) is 29.3 Å². The van der Waals surface area contributed by atoms with Gasteiger partial charge in [-0.25, -0.2) is 0 Å². The molecule has 2 aliphatic rings. The zero-order valence-corrected chi connectivity index (χ0v) is 11.9. The van der Waals surface area contributed by atoms with Crippen LogP contribution >= 0.6 is 0 Å².